The molecule has 3 rings (SSSR count). The third-order valence-electron chi connectivity index (χ3n) is 3.88. The molecule has 21 heavy (non-hydrogen) atoms. The van der Waals surface area contributed by atoms with Crippen molar-refractivity contribution in [1.29, 1.82) is 0 Å². The predicted octanol–water partition coefficient (Wildman–Crippen LogP) is 2.43. The molecule has 6 heteroatoms. The summed E-state index contributed by atoms with van der Waals surface area (Å²) in [5, 5.41) is 0. The Balaban J connectivity index is 1.86. The molecule has 114 valence electrons. The Morgan fingerprint density at radius 3 is 2.90 bits per heavy atom. The van der Waals surface area contributed by atoms with Crippen molar-refractivity contribution in [3.8, 4) is 0 Å². The molecule has 1 fully saturated rings. The Morgan fingerprint density at radius 1 is 1.38 bits per heavy atom. The first-order valence-electron chi connectivity index (χ1n) is 7.52. The van der Waals surface area contributed by atoms with Crippen molar-refractivity contribution >= 4 is 15.7 Å². The van der Waals surface area contributed by atoms with Gasteiger partial charge in [-0.25, -0.2) is 13.4 Å². The summed E-state index contributed by atoms with van der Waals surface area (Å²) in [6, 6.07) is 5.98. The van der Waals surface area contributed by atoms with E-state index in [-0.39, 0.29) is 11.8 Å². The molecule has 1 aliphatic carbocycles. The van der Waals surface area contributed by atoms with E-state index >= 15 is 0 Å². The molecule has 0 aromatic carbocycles. The van der Waals surface area contributed by atoms with Crippen LogP contribution < -0.4 is 0 Å². The first-order chi connectivity index (χ1) is 10.1. The summed E-state index contributed by atoms with van der Waals surface area (Å²) < 4.78 is 28.7. The highest BCUT2D eigenvalue weighted by Crippen LogP contribution is 2.31. The van der Waals surface area contributed by atoms with Gasteiger partial charge in [0.2, 0.25) is 10.0 Å². The first-order valence-corrected chi connectivity index (χ1v) is 9.13. The van der Waals surface area contributed by atoms with Gasteiger partial charge in [0.05, 0.1) is 24.2 Å². The van der Waals surface area contributed by atoms with Gasteiger partial charge in [0.25, 0.3) is 0 Å². The number of sulfonamides is 1. The van der Waals surface area contributed by atoms with Gasteiger partial charge in [-0.3, -0.25) is 0 Å². The van der Waals surface area contributed by atoms with Crippen molar-refractivity contribution < 1.29 is 8.42 Å². The maximum atomic E-state index is 12.5. The van der Waals surface area contributed by atoms with Crippen molar-refractivity contribution in [2.75, 3.05) is 5.75 Å². The van der Waals surface area contributed by atoms with E-state index in [1.54, 1.807) is 10.5 Å². The molecule has 0 radical (unpaired) electrons. The molecule has 0 atom stereocenters. The third-order valence-corrected chi connectivity index (χ3v) is 5.83. The Bertz CT molecular complexity index is 719. The largest absolute Gasteiger partial charge is 0.303 e. The molecular formula is C15H21N3O2S. The predicted molar refractivity (Wildman–Crippen MR) is 82.5 cm³/mol. The van der Waals surface area contributed by atoms with E-state index in [4.69, 9.17) is 0 Å². The van der Waals surface area contributed by atoms with Gasteiger partial charge in [0.1, 0.15) is 5.65 Å². The normalized spacial score (nSPS) is 15.9. The SMILES string of the molecule is CCCCS(=O)(=O)N(Cc1cnc2ccccn12)C1CC1. The van der Waals surface area contributed by atoms with Crippen LogP contribution in [-0.4, -0.2) is 33.9 Å². The van der Waals surface area contributed by atoms with Gasteiger partial charge in [-0.2, -0.15) is 4.31 Å². The molecule has 0 spiro atoms. The van der Waals surface area contributed by atoms with Crippen molar-refractivity contribution in [2.45, 2.75) is 45.2 Å². The lowest BCUT2D eigenvalue weighted by atomic mass is 10.4. The van der Waals surface area contributed by atoms with E-state index in [9.17, 15) is 8.42 Å². The Morgan fingerprint density at radius 2 is 2.19 bits per heavy atom. The molecule has 0 unspecified atom stereocenters. The maximum Gasteiger partial charge on any atom is 0.214 e. The minimum Gasteiger partial charge on any atom is -0.303 e. The van der Waals surface area contributed by atoms with E-state index in [2.05, 4.69) is 4.98 Å². The van der Waals surface area contributed by atoms with Crippen LogP contribution in [0.1, 0.15) is 38.3 Å². The molecule has 2 aromatic rings. The number of imidazole rings is 1. The number of pyridine rings is 1. The second kappa shape index (κ2) is 5.77. The highest BCUT2D eigenvalue weighted by atomic mass is 32.2. The molecule has 0 aliphatic heterocycles. The molecule has 2 aromatic heterocycles. The van der Waals surface area contributed by atoms with Crippen LogP contribution in [-0.2, 0) is 16.6 Å². The lowest BCUT2D eigenvalue weighted by molar-refractivity contribution is 0.392. The number of aromatic nitrogens is 2. The van der Waals surface area contributed by atoms with Crippen molar-refractivity contribution in [3.63, 3.8) is 0 Å². The lowest BCUT2D eigenvalue weighted by Crippen LogP contribution is -2.34. The van der Waals surface area contributed by atoms with E-state index in [0.717, 1.165) is 37.0 Å². The van der Waals surface area contributed by atoms with E-state index in [0.29, 0.717) is 6.54 Å². The summed E-state index contributed by atoms with van der Waals surface area (Å²) in [7, 11) is -3.17. The number of fused-ring (bicyclic) bond motifs is 1. The van der Waals surface area contributed by atoms with Crippen LogP contribution in [0, 0.1) is 0 Å². The van der Waals surface area contributed by atoms with Gasteiger partial charge < -0.3 is 4.40 Å². The van der Waals surface area contributed by atoms with Gasteiger partial charge in [0.15, 0.2) is 0 Å². The van der Waals surface area contributed by atoms with Crippen LogP contribution >= 0.6 is 0 Å². The van der Waals surface area contributed by atoms with Crippen LogP contribution in [0.3, 0.4) is 0 Å². The summed E-state index contributed by atoms with van der Waals surface area (Å²) in [5.41, 5.74) is 1.78. The standard InChI is InChI=1S/C15H21N3O2S/c1-2-3-10-21(19,20)18(13-7-8-13)12-14-11-16-15-6-4-5-9-17(14)15/h4-6,9,11,13H,2-3,7-8,10,12H2,1H3. The van der Waals surface area contributed by atoms with E-state index in [1.807, 2.05) is 35.7 Å². The second-order valence-electron chi connectivity index (χ2n) is 5.62. The van der Waals surface area contributed by atoms with Crippen molar-refractivity contribution in [3.05, 3.63) is 36.3 Å². The van der Waals surface area contributed by atoms with Gasteiger partial charge in [-0.1, -0.05) is 19.4 Å². The average Bonchev–Trinajstić information content (AvgIpc) is 3.23. The number of rotatable bonds is 7. The second-order valence-corrected chi connectivity index (χ2v) is 7.67. The molecule has 2 heterocycles. The summed E-state index contributed by atoms with van der Waals surface area (Å²) in [6.45, 7) is 2.43. The number of hydrogen-bond donors (Lipinski definition) is 0. The Kier molecular flexibility index (Phi) is 3.99. The monoisotopic (exact) mass is 307 g/mol. The summed E-state index contributed by atoms with van der Waals surface area (Å²) >= 11 is 0. The minimum absolute atomic E-state index is 0.182. The molecule has 5 nitrogen and oxygen atoms in total. The van der Waals surface area contributed by atoms with Crippen LogP contribution in [0.15, 0.2) is 30.6 Å². The van der Waals surface area contributed by atoms with Crippen LogP contribution in [0.25, 0.3) is 5.65 Å². The number of nitrogens with zero attached hydrogens (tertiary/aromatic N) is 3. The van der Waals surface area contributed by atoms with Gasteiger partial charge in [0, 0.05) is 12.2 Å². The van der Waals surface area contributed by atoms with Crippen molar-refractivity contribution in [2.24, 2.45) is 0 Å². The Labute approximate surface area is 125 Å². The van der Waals surface area contributed by atoms with Crippen LogP contribution in [0.2, 0.25) is 0 Å². The van der Waals surface area contributed by atoms with Crippen LogP contribution in [0.5, 0.6) is 0 Å². The quantitative estimate of drug-likeness (QED) is 0.789. The van der Waals surface area contributed by atoms with Gasteiger partial charge in [-0.15, -0.1) is 0 Å². The van der Waals surface area contributed by atoms with Gasteiger partial charge in [-0.05, 0) is 31.4 Å². The summed E-state index contributed by atoms with van der Waals surface area (Å²) in [5.74, 6) is 0.247. The molecule has 0 N–H and O–H groups in total. The van der Waals surface area contributed by atoms with Crippen LogP contribution in [0.4, 0.5) is 0 Å². The number of hydrogen-bond acceptors (Lipinski definition) is 3. The fraction of sp³-hybridized carbons (Fsp3) is 0.533. The number of unbranched alkanes of at least 4 members (excludes halogenated alkanes) is 1. The fourth-order valence-electron chi connectivity index (χ4n) is 2.52. The van der Waals surface area contributed by atoms with Crippen molar-refractivity contribution in [1.82, 2.24) is 13.7 Å². The molecule has 0 amide bonds. The fourth-order valence-corrected chi connectivity index (χ4v) is 4.40. The molecule has 1 saturated carbocycles. The zero-order valence-corrected chi connectivity index (χ0v) is 13.1. The third kappa shape index (κ3) is 3.11. The minimum atomic E-state index is -3.17. The highest BCUT2D eigenvalue weighted by molar-refractivity contribution is 7.89. The molecular weight excluding hydrogens is 286 g/mol. The molecule has 0 saturated heterocycles. The zero-order valence-electron chi connectivity index (χ0n) is 12.3. The smallest absolute Gasteiger partial charge is 0.214 e. The molecule has 1 aliphatic rings. The average molecular weight is 307 g/mol. The highest BCUT2D eigenvalue weighted by Gasteiger charge is 2.37. The maximum absolute atomic E-state index is 12.5. The lowest BCUT2D eigenvalue weighted by Gasteiger charge is -2.21. The topological polar surface area (TPSA) is 54.7 Å². The summed E-state index contributed by atoms with van der Waals surface area (Å²) in [4.78, 5) is 4.34. The van der Waals surface area contributed by atoms with E-state index in [1.165, 1.54) is 0 Å². The summed E-state index contributed by atoms with van der Waals surface area (Å²) in [6.07, 6.45) is 7.28. The molecule has 0 bridgehead atoms. The zero-order chi connectivity index (χ0) is 14.9. The van der Waals surface area contributed by atoms with E-state index < -0.39 is 10.0 Å². The van der Waals surface area contributed by atoms with Gasteiger partial charge >= 0.3 is 0 Å². The first kappa shape index (κ1) is 14.5. The Hall–Kier alpha value is -1.40.